The molecule has 0 rings (SSSR count). The van der Waals surface area contributed by atoms with Crippen LogP contribution in [0.25, 0.3) is 0 Å². The Morgan fingerprint density at radius 1 is 0.284 bits per heavy atom. The van der Waals surface area contributed by atoms with E-state index in [1.807, 2.05) is 0 Å². The third-order valence-corrected chi connectivity index (χ3v) is 19.0. The zero-order valence-electron chi connectivity index (χ0n) is 64.5. The summed E-state index contributed by atoms with van der Waals surface area (Å²) in [5.41, 5.74) is 0. The summed E-state index contributed by atoms with van der Waals surface area (Å²) in [5.74, 6) is -2.19. The van der Waals surface area contributed by atoms with Gasteiger partial charge in [0.05, 0.1) is 26.4 Å². The lowest BCUT2D eigenvalue weighted by molar-refractivity contribution is -0.161. The number of hydrogen-bond acceptors (Lipinski definition) is 15. The number of aliphatic hydroxyl groups is 1. The molecule has 0 amide bonds. The second-order valence-corrected chi connectivity index (χ2v) is 29.9. The average molecular weight is 1480 g/mol. The van der Waals surface area contributed by atoms with Crippen LogP contribution in [-0.4, -0.2) is 96.7 Å². The highest BCUT2D eigenvalue weighted by molar-refractivity contribution is 7.47. The van der Waals surface area contributed by atoms with Gasteiger partial charge in [0.1, 0.15) is 19.3 Å². The van der Waals surface area contributed by atoms with Gasteiger partial charge in [-0.2, -0.15) is 0 Å². The first kappa shape index (κ1) is 98.0. The van der Waals surface area contributed by atoms with Gasteiger partial charge in [0.2, 0.25) is 0 Å². The number of phosphoric acid groups is 2. The summed E-state index contributed by atoms with van der Waals surface area (Å²) in [6.45, 7) is 4.66. The molecule has 0 spiro atoms. The van der Waals surface area contributed by atoms with Gasteiger partial charge in [0.25, 0.3) is 0 Å². The van der Waals surface area contributed by atoms with Crippen LogP contribution in [0, 0.1) is 0 Å². The first-order valence-electron chi connectivity index (χ1n) is 40.5. The Balaban J connectivity index is 5.33. The van der Waals surface area contributed by atoms with Crippen molar-refractivity contribution >= 4 is 39.5 Å². The van der Waals surface area contributed by atoms with Gasteiger partial charge in [-0.15, -0.1) is 0 Å². The van der Waals surface area contributed by atoms with Gasteiger partial charge >= 0.3 is 39.5 Å². The fraction of sp³-hybridized carbons (Fsp3) is 0.759. The number of carbonyl (C=O) groups is 4. The summed E-state index contributed by atoms with van der Waals surface area (Å²) in [5, 5.41) is 10.6. The Kier molecular flexibility index (Phi) is 72.3. The molecule has 19 heteroatoms. The van der Waals surface area contributed by atoms with E-state index in [2.05, 4.69) is 125 Å². The predicted molar refractivity (Wildman–Crippen MR) is 418 cm³/mol. The second-order valence-electron chi connectivity index (χ2n) is 27.0. The molecule has 0 aromatic rings. The number of unbranched alkanes of at least 4 members (excludes halogenated alkanes) is 34. The second kappa shape index (κ2) is 75.2. The van der Waals surface area contributed by atoms with Crippen molar-refractivity contribution in [2.75, 3.05) is 39.6 Å². The molecule has 0 heterocycles. The van der Waals surface area contributed by atoms with Crippen LogP contribution in [0.15, 0.2) is 97.2 Å². The topological polar surface area (TPSA) is 237 Å². The molecule has 0 radical (unpaired) electrons. The maximum atomic E-state index is 13.1. The smallest absolute Gasteiger partial charge is 0.462 e. The summed E-state index contributed by atoms with van der Waals surface area (Å²) in [7, 11) is -9.95. The van der Waals surface area contributed by atoms with Crippen molar-refractivity contribution in [3.8, 4) is 0 Å². The van der Waals surface area contributed by atoms with Crippen molar-refractivity contribution in [3.05, 3.63) is 97.2 Å². The van der Waals surface area contributed by atoms with Crippen LogP contribution in [0.4, 0.5) is 0 Å². The molecular weight excluding hydrogens is 1330 g/mol. The third kappa shape index (κ3) is 74.3. The number of esters is 4. The van der Waals surface area contributed by atoms with Crippen LogP contribution in [0.5, 0.6) is 0 Å². The van der Waals surface area contributed by atoms with Crippen molar-refractivity contribution < 1.29 is 80.2 Å². The van der Waals surface area contributed by atoms with Gasteiger partial charge in [0, 0.05) is 25.7 Å². The Hall–Kier alpha value is -4.02. The first-order valence-corrected chi connectivity index (χ1v) is 43.5. The Bertz CT molecular complexity index is 2310. The van der Waals surface area contributed by atoms with Crippen LogP contribution in [-0.2, 0) is 65.4 Å². The Morgan fingerprint density at radius 3 is 0.784 bits per heavy atom. The van der Waals surface area contributed by atoms with E-state index in [1.54, 1.807) is 0 Å². The molecule has 0 saturated carbocycles. The van der Waals surface area contributed by atoms with Crippen molar-refractivity contribution in [1.29, 1.82) is 0 Å². The highest BCUT2D eigenvalue weighted by Crippen LogP contribution is 2.45. The zero-order valence-corrected chi connectivity index (χ0v) is 66.3. The summed E-state index contributed by atoms with van der Waals surface area (Å²) in [6.07, 6.45) is 79.5. The number of carbonyl (C=O) groups excluding carboxylic acids is 4. The van der Waals surface area contributed by atoms with E-state index >= 15 is 0 Å². The summed E-state index contributed by atoms with van der Waals surface area (Å²) >= 11 is 0. The molecule has 0 aromatic heterocycles. The van der Waals surface area contributed by atoms with E-state index in [0.29, 0.717) is 25.7 Å². The maximum absolute atomic E-state index is 13.1. The minimum atomic E-state index is -4.98. The summed E-state index contributed by atoms with van der Waals surface area (Å²) in [6, 6.07) is 0. The largest absolute Gasteiger partial charge is 0.472 e. The molecule has 0 aromatic carbocycles. The van der Waals surface area contributed by atoms with E-state index in [9.17, 15) is 43.2 Å². The summed E-state index contributed by atoms with van der Waals surface area (Å²) < 4.78 is 68.6. The molecule has 590 valence electrons. The van der Waals surface area contributed by atoms with E-state index in [4.69, 9.17) is 37.0 Å². The van der Waals surface area contributed by atoms with Crippen molar-refractivity contribution in [2.45, 2.75) is 367 Å². The molecule has 0 fully saturated rings. The lowest BCUT2D eigenvalue weighted by atomic mass is 10.0. The molecule has 3 N–H and O–H groups in total. The fourth-order valence-electron chi connectivity index (χ4n) is 11.0. The maximum Gasteiger partial charge on any atom is 0.472 e. The van der Waals surface area contributed by atoms with Crippen molar-refractivity contribution in [3.63, 3.8) is 0 Å². The summed E-state index contributed by atoms with van der Waals surface area (Å²) in [4.78, 5) is 73.0. The highest BCUT2D eigenvalue weighted by atomic mass is 31.2. The Morgan fingerprint density at radius 2 is 0.510 bits per heavy atom. The van der Waals surface area contributed by atoms with Gasteiger partial charge in [-0.1, -0.05) is 318 Å². The minimum Gasteiger partial charge on any atom is -0.462 e. The number of aliphatic hydroxyl groups excluding tert-OH is 1. The number of ether oxygens (including phenoxy) is 4. The lowest BCUT2D eigenvalue weighted by Gasteiger charge is -2.21. The van der Waals surface area contributed by atoms with Gasteiger partial charge in [-0.25, -0.2) is 9.13 Å². The monoisotopic (exact) mass is 1480 g/mol. The van der Waals surface area contributed by atoms with E-state index < -0.39 is 97.5 Å². The van der Waals surface area contributed by atoms with Gasteiger partial charge < -0.3 is 33.8 Å². The molecule has 0 saturated heterocycles. The van der Waals surface area contributed by atoms with Gasteiger partial charge in [-0.3, -0.25) is 37.3 Å². The minimum absolute atomic E-state index is 0.0929. The van der Waals surface area contributed by atoms with E-state index in [1.165, 1.54) is 103 Å². The molecule has 5 unspecified atom stereocenters. The molecule has 5 atom stereocenters. The van der Waals surface area contributed by atoms with Gasteiger partial charge in [0.15, 0.2) is 12.2 Å². The van der Waals surface area contributed by atoms with Crippen LogP contribution in [0.3, 0.4) is 0 Å². The quantitative estimate of drug-likeness (QED) is 0.0169. The molecular formula is C83H146O17P2. The standard InChI is InChI=1S/C83H146O17P2/c1-5-9-13-17-21-25-29-33-35-37-38-40-42-46-48-52-56-60-64-68-81(86)94-74-79(100-83(88)70-66-62-58-54-50-44-32-28-24-20-16-12-8-4)76-98-102(91,92)96-72-77(84)71-95-101(89,90)97-75-78(99-82(87)69-65-61-57-53-49-43-31-27-23-19-15-11-7-3)73-93-80(85)67-63-59-55-51-47-45-41-39-36-34-30-26-22-18-14-10-6-2/h9-10,13-14,21-22,25-26,33-36,38,40-41,45,77-79,84H,5-8,11-12,15-20,23-24,27-32,37,39,42-44,46-76H2,1-4H3,(H,89,90)(H,91,92)/b13-9-,14-10-,25-21-,26-22-,35-33-,36-34-,40-38-,45-41-. The third-order valence-electron chi connectivity index (χ3n) is 17.1. The average Bonchev–Trinajstić information content (AvgIpc) is 0.909. The molecule has 0 aliphatic rings. The predicted octanol–water partition coefficient (Wildman–Crippen LogP) is 23.6. The number of hydrogen-bond donors (Lipinski definition) is 3. The number of allylic oxidation sites excluding steroid dienone is 16. The van der Waals surface area contributed by atoms with Crippen LogP contribution in [0.1, 0.15) is 349 Å². The molecule has 17 nitrogen and oxygen atoms in total. The first-order chi connectivity index (χ1) is 49.7. The van der Waals surface area contributed by atoms with Crippen molar-refractivity contribution in [2.24, 2.45) is 0 Å². The molecule has 102 heavy (non-hydrogen) atoms. The molecule has 0 aliphatic carbocycles. The number of phosphoric ester groups is 2. The fourth-order valence-corrected chi connectivity index (χ4v) is 12.5. The van der Waals surface area contributed by atoms with Crippen LogP contribution in [0.2, 0.25) is 0 Å². The van der Waals surface area contributed by atoms with Crippen LogP contribution >= 0.6 is 15.6 Å². The normalized spacial score (nSPS) is 14.4. The molecule has 0 bridgehead atoms. The Labute approximate surface area is 620 Å². The SMILES string of the molecule is CC/C=C\C/C=C\C/C=C\C/C=C\CCCCCCCCC(=O)OCC(COP(=O)(O)OCC(O)COP(=O)(O)OCC(COC(=O)CCCCCC/C=C\C/C=C\C/C=C\C/C=C\CC)OC(=O)CCCCCCCCCCCCCCC)OC(=O)CCCCCCCCCCCCCCC. The highest BCUT2D eigenvalue weighted by Gasteiger charge is 2.30. The molecule has 0 aliphatic heterocycles. The zero-order chi connectivity index (χ0) is 74.6. The van der Waals surface area contributed by atoms with E-state index in [0.717, 1.165) is 167 Å². The van der Waals surface area contributed by atoms with E-state index in [-0.39, 0.29) is 25.7 Å². The van der Waals surface area contributed by atoms with Crippen LogP contribution < -0.4 is 0 Å². The lowest BCUT2D eigenvalue weighted by Crippen LogP contribution is -2.30. The van der Waals surface area contributed by atoms with Crippen molar-refractivity contribution in [1.82, 2.24) is 0 Å². The van der Waals surface area contributed by atoms with Gasteiger partial charge in [-0.05, 0) is 103 Å². The number of rotatable bonds is 76.